The van der Waals surface area contributed by atoms with Gasteiger partial charge in [0, 0.05) is 17.3 Å². The summed E-state index contributed by atoms with van der Waals surface area (Å²) in [4.78, 5) is 25.5. The van der Waals surface area contributed by atoms with Crippen LogP contribution in [0.2, 0.25) is 0 Å². The smallest absolute Gasteiger partial charge is 0.274 e. The third-order valence-corrected chi connectivity index (χ3v) is 4.09. The lowest BCUT2D eigenvalue weighted by molar-refractivity contribution is 0.102. The molecule has 0 aliphatic heterocycles. The highest BCUT2D eigenvalue weighted by atomic mass is 19.1. The first kappa shape index (κ1) is 17.5. The van der Waals surface area contributed by atoms with Gasteiger partial charge in [0.25, 0.3) is 5.91 Å². The van der Waals surface area contributed by atoms with E-state index in [9.17, 15) is 9.18 Å². The number of benzene rings is 2. The van der Waals surface area contributed by atoms with Crippen LogP contribution in [0.15, 0.2) is 66.9 Å². The van der Waals surface area contributed by atoms with Gasteiger partial charge in [0.15, 0.2) is 0 Å². The van der Waals surface area contributed by atoms with Crippen LogP contribution in [0.4, 0.5) is 21.7 Å². The summed E-state index contributed by atoms with van der Waals surface area (Å²) in [6, 6.07) is 17.1. The molecule has 0 atom stereocenters. The van der Waals surface area contributed by atoms with Crippen LogP contribution < -0.4 is 10.6 Å². The Balaban J connectivity index is 1.62. The topological polar surface area (TPSA) is 79.8 Å². The SMILES string of the molecule is Cc1cc(C(=O)Nc2cccc3cccnc23)nc(Nc2ccccc2F)n1. The molecule has 0 aliphatic rings. The van der Waals surface area contributed by atoms with Crippen LogP contribution in [-0.4, -0.2) is 20.9 Å². The average Bonchev–Trinajstić information content (AvgIpc) is 2.69. The van der Waals surface area contributed by atoms with Gasteiger partial charge in [0.05, 0.1) is 16.9 Å². The molecule has 6 nitrogen and oxygen atoms in total. The summed E-state index contributed by atoms with van der Waals surface area (Å²) in [5.74, 6) is -0.688. The molecule has 4 aromatic rings. The molecule has 0 bridgehead atoms. The first-order valence-electron chi connectivity index (χ1n) is 8.62. The van der Waals surface area contributed by atoms with E-state index in [2.05, 4.69) is 25.6 Å². The molecule has 2 aromatic heterocycles. The number of hydrogen-bond donors (Lipinski definition) is 2. The normalized spacial score (nSPS) is 10.6. The summed E-state index contributed by atoms with van der Waals surface area (Å²) in [5, 5.41) is 6.57. The average molecular weight is 373 g/mol. The van der Waals surface area contributed by atoms with E-state index in [0.717, 1.165) is 5.39 Å². The zero-order chi connectivity index (χ0) is 19.5. The molecular formula is C21H16FN5O. The minimum atomic E-state index is -0.430. The third kappa shape index (κ3) is 3.64. The molecule has 4 rings (SSSR count). The van der Waals surface area contributed by atoms with Crippen molar-refractivity contribution in [3.05, 3.63) is 84.1 Å². The predicted octanol–water partition coefficient (Wildman–Crippen LogP) is 4.47. The van der Waals surface area contributed by atoms with E-state index in [1.807, 2.05) is 24.3 Å². The van der Waals surface area contributed by atoms with E-state index in [4.69, 9.17) is 0 Å². The van der Waals surface area contributed by atoms with Crippen LogP contribution in [0.1, 0.15) is 16.2 Å². The van der Waals surface area contributed by atoms with Gasteiger partial charge in [-0.1, -0.05) is 30.3 Å². The molecule has 0 fully saturated rings. The van der Waals surface area contributed by atoms with Crippen molar-refractivity contribution in [2.45, 2.75) is 6.92 Å². The molecular weight excluding hydrogens is 357 g/mol. The van der Waals surface area contributed by atoms with E-state index in [1.165, 1.54) is 6.07 Å². The van der Waals surface area contributed by atoms with Gasteiger partial charge in [-0.05, 0) is 37.3 Å². The van der Waals surface area contributed by atoms with Gasteiger partial charge in [-0.15, -0.1) is 0 Å². The molecule has 2 aromatic carbocycles. The van der Waals surface area contributed by atoms with Gasteiger partial charge in [-0.25, -0.2) is 14.4 Å². The molecule has 1 amide bonds. The van der Waals surface area contributed by atoms with Crippen molar-refractivity contribution in [2.75, 3.05) is 10.6 Å². The van der Waals surface area contributed by atoms with Gasteiger partial charge in [-0.2, -0.15) is 0 Å². The molecule has 138 valence electrons. The van der Waals surface area contributed by atoms with Gasteiger partial charge < -0.3 is 10.6 Å². The van der Waals surface area contributed by atoms with E-state index in [-0.39, 0.29) is 17.3 Å². The Kier molecular flexibility index (Phi) is 4.63. The van der Waals surface area contributed by atoms with Crippen LogP contribution >= 0.6 is 0 Å². The molecule has 2 N–H and O–H groups in total. The molecule has 0 spiro atoms. The number of carbonyl (C=O) groups is 1. The van der Waals surface area contributed by atoms with Crippen molar-refractivity contribution in [2.24, 2.45) is 0 Å². The number of rotatable bonds is 4. The molecule has 0 unspecified atom stereocenters. The fourth-order valence-corrected chi connectivity index (χ4v) is 2.82. The summed E-state index contributed by atoms with van der Waals surface area (Å²) in [6.07, 6.45) is 1.67. The zero-order valence-electron chi connectivity index (χ0n) is 15.0. The molecule has 0 radical (unpaired) electrons. The number of halogens is 1. The predicted molar refractivity (Wildman–Crippen MR) is 106 cm³/mol. The molecule has 28 heavy (non-hydrogen) atoms. The van der Waals surface area contributed by atoms with Crippen LogP contribution in [-0.2, 0) is 0 Å². The van der Waals surface area contributed by atoms with Crippen molar-refractivity contribution >= 4 is 34.1 Å². The maximum atomic E-state index is 13.9. The fraction of sp³-hybridized carbons (Fsp3) is 0.0476. The Labute approximate surface area is 160 Å². The second-order valence-corrected chi connectivity index (χ2v) is 6.16. The Morgan fingerprint density at radius 3 is 2.61 bits per heavy atom. The maximum Gasteiger partial charge on any atom is 0.274 e. The van der Waals surface area contributed by atoms with Crippen LogP contribution in [0.5, 0.6) is 0 Å². The Morgan fingerprint density at radius 1 is 0.964 bits per heavy atom. The van der Waals surface area contributed by atoms with Gasteiger partial charge in [0.1, 0.15) is 11.5 Å². The quantitative estimate of drug-likeness (QED) is 0.552. The van der Waals surface area contributed by atoms with Crippen LogP contribution in [0, 0.1) is 12.7 Å². The standard InChI is InChI=1S/C21H16FN5O/c1-13-12-18(27-21(24-13)26-16-9-3-2-8-15(16)22)20(28)25-17-10-4-6-14-7-5-11-23-19(14)17/h2-12H,1H3,(H,25,28)(H,24,26,27). The number of fused-ring (bicyclic) bond motifs is 1. The number of para-hydroxylation sites is 2. The number of nitrogens with zero attached hydrogens (tertiary/aromatic N) is 3. The maximum absolute atomic E-state index is 13.9. The van der Waals surface area contributed by atoms with Gasteiger partial charge >= 0.3 is 0 Å². The number of aromatic nitrogens is 3. The number of aryl methyl sites for hydroxylation is 1. The Bertz CT molecular complexity index is 1170. The molecule has 2 heterocycles. The summed E-state index contributed by atoms with van der Waals surface area (Å²) in [5.41, 5.74) is 2.25. The molecule has 0 aliphatic carbocycles. The van der Waals surface area contributed by atoms with Crippen LogP contribution in [0.3, 0.4) is 0 Å². The highest BCUT2D eigenvalue weighted by Gasteiger charge is 2.13. The molecule has 0 saturated carbocycles. The number of carbonyl (C=O) groups excluding carboxylic acids is 1. The minimum absolute atomic E-state index is 0.145. The second kappa shape index (κ2) is 7.40. The second-order valence-electron chi connectivity index (χ2n) is 6.16. The van der Waals surface area contributed by atoms with Crippen molar-refractivity contribution in [3.8, 4) is 0 Å². The Morgan fingerprint density at radius 2 is 1.75 bits per heavy atom. The molecule has 7 heteroatoms. The van der Waals surface area contributed by atoms with Crippen molar-refractivity contribution < 1.29 is 9.18 Å². The third-order valence-electron chi connectivity index (χ3n) is 4.09. The van der Waals surface area contributed by atoms with E-state index in [1.54, 1.807) is 43.5 Å². The summed E-state index contributed by atoms with van der Waals surface area (Å²) >= 11 is 0. The lowest BCUT2D eigenvalue weighted by atomic mass is 10.2. The lowest BCUT2D eigenvalue weighted by Crippen LogP contribution is -2.16. The monoisotopic (exact) mass is 373 g/mol. The number of pyridine rings is 1. The summed E-state index contributed by atoms with van der Waals surface area (Å²) < 4.78 is 13.9. The summed E-state index contributed by atoms with van der Waals surface area (Å²) in [6.45, 7) is 1.74. The number of hydrogen-bond acceptors (Lipinski definition) is 5. The van der Waals surface area contributed by atoms with E-state index in [0.29, 0.717) is 16.9 Å². The van der Waals surface area contributed by atoms with Crippen molar-refractivity contribution in [3.63, 3.8) is 0 Å². The minimum Gasteiger partial charge on any atom is -0.322 e. The Hall–Kier alpha value is -3.87. The molecule has 0 saturated heterocycles. The number of anilines is 3. The van der Waals surface area contributed by atoms with Gasteiger partial charge in [-0.3, -0.25) is 9.78 Å². The highest BCUT2D eigenvalue weighted by molar-refractivity contribution is 6.07. The lowest BCUT2D eigenvalue weighted by Gasteiger charge is -2.10. The van der Waals surface area contributed by atoms with Crippen molar-refractivity contribution in [1.82, 2.24) is 15.0 Å². The summed E-state index contributed by atoms with van der Waals surface area (Å²) in [7, 11) is 0. The van der Waals surface area contributed by atoms with Crippen LogP contribution in [0.25, 0.3) is 10.9 Å². The highest BCUT2D eigenvalue weighted by Crippen LogP contribution is 2.22. The zero-order valence-corrected chi connectivity index (χ0v) is 15.0. The number of amides is 1. The van der Waals surface area contributed by atoms with E-state index < -0.39 is 11.7 Å². The largest absolute Gasteiger partial charge is 0.322 e. The first-order chi connectivity index (χ1) is 13.6. The van der Waals surface area contributed by atoms with Gasteiger partial charge in [0.2, 0.25) is 5.95 Å². The first-order valence-corrected chi connectivity index (χ1v) is 8.62. The number of nitrogens with one attached hydrogen (secondary N) is 2. The van der Waals surface area contributed by atoms with E-state index >= 15 is 0 Å². The van der Waals surface area contributed by atoms with Crippen molar-refractivity contribution in [1.29, 1.82) is 0 Å². The fourth-order valence-electron chi connectivity index (χ4n) is 2.82.